The van der Waals surface area contributed by atoms with E-state index in [1.54, 1.807) is 60.6 Å². The Morgan fingerprint density at radius 3 is 2.25 bits per heavy atom. The van der Waals surface area contributed by atoms with Gasteiger partial charge in [0.05, 0.1) is 37.5 Å². The lowest BCUT2D eigenvalue weighted by molar-refractivity contribution is -0.143. The minimum atomic E-state index is -1.10. The predicted octanol–water partition coefficient (Wildman–Crippen LogP) is 5.68. The first-order chi connectivity index (χ1) is 22.3. The Bertz CT molecular complexity index is 1450. The molecule has 1 N–H and O–H groups in total. The highest BCUT2D eigenvalue weighted by Gasteiger charge is 2.55. The van der Waals surface area contributed by atoms with Gasteiger partial charge < -0.3 is 29.3 Å². The first kappa shape index (κ1) is 38.8. The molecule has 1 aromatic carbocycles. The summed E-state index contributed by atoms with van der Waals surface area (Å²) >= 11 is 6.44. The molecular weight excluding hydrogens is 642 g/mol. The molecule has 0 saturated carbocycles. The zero-order valence-corrected chi connectivity index (χ0v) is 30.5. The van der Waals surface area contributed by atoms with E-state index < -0.39 is 58.2 Å². The fourth-order valence-electron chi connectivity index (χ4n) is 6.11. The molecule has 0 unspecified atom stereocenters. The Balaban J connectivity index is 2.01. The highest BCUT2D eigenvalue weighted by atomic mass is 35.5. The number of rotatable bonds is 13. The van der Waals surface area contributed by atoms with Crippen LogP contribution in [-0.2, 0) is 28.8 Å². The number of Topliss-reactive ketones (excluding diaryl/α,β-unsaturated/α-hetero) is 3. The summed E-state index contributed by atoms with van der Waals surface area (Å²) in [6, 6.07) is 1.21. The van der Waals surface area contributed by atoms with Crippen LogP contribution in [0.2, 0.25) is 5.02 Å². The molecule has 0 bridgehead atoms. The zero-order chi connectivity index (χ0) is 36.2. The molecule has 2 amide bonds. The number of alkyl carbamates (subject to hydrolysis) is 1. The molecule has 0 aromatic heterocycles. The number of hydrogen-bond donors (Lipinski definition) is 1. The summed E-state index contributed by atoms with van der Waals surface area (Å²) in [4.78, 5) is 74.3. The van der Waals surface area contributed by atoms with Crippen molar-refractivity contribution < 1.29 is 43.0 Å². The SMILES string of the molecule is CCC[C@H](CC(=O)[C@@H]1C[C@]2(CC(c3cc(Cl)c(OC)cc3OC)=NO2)CN1C(=O)[C@@H](NC(=O)OC(C)(C)C)C(C)(C)C)C(=O)C(=O)CC. The van der Waals surface area contributed by atoms with Crippen LogP contribution in [0.4, 0.5) is 4.79 Å². The third-order valence-corrected chi connectivity index (χ3v) is 8.80. The maximum Gasteiger partial charge on any atom is 0.408 e. The number of nitrogens with zero attached hydrogens (tertiary/aromatic N) is 2. The number of methoxy groups -OCH3 is 2. The molecule has 3 rings (SSSR count). The number of oxime groups is 1. The molecule has 1 saturated heterocycles. The Labute approximate surface area is 288 Å². The number of benzene rings is 1. The van der Waals surface area contributed by atoms with Gasteiger partial charge in [0.25, 0.3) is 0 Å². The number of carbonyl (C=O) groups excluding carboxylic acids is 5. The van der Waals surface area contributed by atoms with E-state index in [2.05, 4.69) is 10.5 Å². The molecule has 266 valence electrons. The van der Waals surface area contributed by atoms with Crippen molar-refractivity contribution in [2.75, 3.05) is 20.8 Å². The van der Waals surface area contributed by atoms with Gasteiger partial charge in [-0.1, -0.05) is 57.8 Å². The van der Waals surface area contributed by atoms with Crippen LogP contribution in [0.3, 0.4) is 0 Å². The molecule has 4 atom stereocenters. The Morgan fingerprint density at radius 1 is 1.06 bits per heavy atom. The van der Waals surface area contributed by atoms with Gasteiger partial charge in [-0.2, -0.15) is 0 Å². The van der Waals surface area contributed by atoms with Crippen molar-refractivity contribution in [2.24, 2.45) is 16.5 Å². The van der Waals surface area contributed by atoms with Crippen molar-refractivity contribution in [1.29, 1.82) is 0 Å². The average molecular weight is 692 g/mol. The lowest BCUT2D eigenvalue weighted by Crippen LogP contribution is -2.57. The smallest absolute Gasteiger partial charge is 0.408 e. The van der Waals surface area contributed by atoms with Crippen molar-refractivity contribution in [2.45, 2.75) is 117 Å². The standard InChI is InChI=1S/C35H50ClN3O9/c1-11-13-20(29(42)25(40)12-2)14-26(41)24-18-35(17-23(38-48-35)21-15-22(36)28(46-10)16-27(21)45-9)19-39(24)31(43)30(33(3,4)5)37-32(44)47-34(6,7)8/h15-16,20,24,30H,11-14,17-19H2,1-10H3,(H,37,44)/t20-,24+,30-,35-/m1/s1. The molecule has 48 heavy (non-hydrogen) atoms. The second-order valence-corrected chi connectivity index (χ2v) is 15.0. The van der Waals surface area contributed by atoms with Gasteiger partial charge in [0.15, 0.2) is 17.2 Å². The Morgan fingerprint density at radius 2 is 1.71 bits per heavy atom. The number of carbonyl (C=O) groups is 5. The van der Waals surface area contributed by atoms with Crippen LogP contribution >= 0.6 is 11.6 Å². The predicted molar refractivity (Wildman–Crippen MR) is 181 cm³/mol. The molecule has 2 heterocycles. The first-order valence-electron chi connectivity index (χ1n) is 16.4. The van der Waals surface area contributed by atoms with Gasteiger partial charge in [0.1, 0.15) is 23.1 Å². The summed E-state index contributed by atoms with van der Waals surface area (Å²) in [5.74, 6) is -1.93. The number of halogens is 1. The summed E-state index contributed by atoms with van der Waals surface area (Å²) in [6.07, 6.45) is 0.301. The van der Waals surface area contributed by atoms with E-state index in [0.717, 1.165) is 0 Å². The number of likely N-dealkylation sites (tertiary alicyclic amines) is 1. The second kappa shape index (κ2) is 15.3. The van der Waals surface area contributed by atoms with Crippen LogP contribution < -0.4 is 14.8 Å². The van der Waals surface area contributed by atoms with Crippen molar-refractivity contribution in [3.05, 3.63) is 22.7 Å². The second-order valence-electron chi connectivity index (χ2n) is 14.6. The summed E-state index contributed by atoms with van der Waals surface area (Å²) in [7, 11) is 3.00. The first-order valence-corrected chi connectivity index (χ1v) is 16.7. The number of amides is 2. The average Bonchev–Trinajstić information content (AvgIpc) is 3.60. The van der Waals surface area contributed by atoms with Gasteiger partial charge in [-0.3, -0.25) is 19.2 Å². The quantitative estimate of drug-likeness (QED) is 0.258. The maximum atomic E-state index is 14.5. The van der Waals surface area contributed by atoms with E-state index in [4.69, 9.17) is 30.6 Å². The summed E-state index contributed by atoms with van der Waals surface area (Å²) in [6.45, 7) is 14.0. The van der Waals surface area contributed by atoms with Crippen LogP contribution in [0.25, 0.3) is 0 Å². The van der Waals surface area contributed by atoms with Crippen LogP contribution in [0.1, 0.15) is 99.5 Å². The molecule has 1 fully saturated rings. The number of ether oxygens (including phenoxy) is 3. The van der Waals surface area contributed by atoms with E-state index in [9.17, 15) is 24.0 Å². The van der Waals surface area contributed by atoms with Gasteiger partial charge in [0, 0.05) is 43.2 Å². The molecule has 12 nitrogen and oxygen atoms in total. The summed E-state index contributed by atoms with van der Waals surface area (Å²) in [5, 5.41) is 7.43. The molecular formula is C35H50ClN3O9. The van der Waals surface area contributed by atoms with Gasteiger partial charge in [-0.05, 0) is 38.7 Å². The summed E-state index contributed by atoms with van der Waals surface area (Å²) < 4.78 is 16.4. The zero-order valence-electron chi connectivity index (χ0n) is 29.8. The molecule has 2 aliphatic heterocycles. The largest absolute Gasteiger partial charge is 0.496 e. The van der Waals surface area contributed by atoms with Gasteiger partial charge in [0.2, 0.25) is 11.7 Å². The van der Waals surface area contributed by atoms with Crippen LogP contribution in [-0.4, -0.2) is 84.0 Å². The Hall–Kier alpha value is -3.67. The molecule has 0 radical (unpaired) electrons. The van der Waals surface area contributed by atoms with E-state index in [0.29, 0.717) is 40.6 Å². The van der Waals surface area contributed by atoms with E-state index in [1.165, 1.54) is 19.1 Å². The molecule has 1 aromatic rings. The van der Waals surface area contributed by atoms with Crippen molar-refractivity contribution in [1.82, 2.24) is 10.2 Å². The lowest BCUT2D eigenvalue weighted by Gasteiger charge is -2.36. The maximum absolute atomic E-state index is 14.5. The van der Waals surface area contributed by atoms with Crippen molar-refractivity contribution >= 4 is 46.7 Å². The minimum Gasteiger partial charge on any atom is -0.496 e. The van der Waals surface area contributed by atoms with Crippen molar-refractivity contribution in [3.63, 3.8) is 0 Å². The lowest BCUT2D eigenvalue weighted by atomic mass is 9.84. The molecule has 1 spiro atoms. The normalized spacial score (nSPS) is 20.4. The highest BCUT2D eigenvalue weighted by molar-refractivity contribution is 6.38. The van der Waals surface area contributed by atoms with E-state index in [-0.39, 0.29) is 38.0 Å². The number of nitrogens with one attached hydrogen (secondary N) is 1. The third-order valence-electron chi connectivity index (χ3n) is 8.50. The van der Waals surface area contributed by atoms with E-state index in [1.807, 2.05) is 6.92 Å². The third kappa shape index (κ3) is 9.06. The Kier molecular flexibility index (Phi) is 12.3. The van der Waals surface area contributed by atoms with Crippen LogP contribution in [0, 0.1) is 11.3 Å². The molecule has 2 aliphatic rings. The van der Waals surface area contributed by atoms with Gasteiger partial charge in [-0.15, -0.1) is 0 Å². The summed E-state index contributed by atoms with van der Waals surface area (Å²) in [5.41, 5.74) is -1.61. The van der Waals surface area contributed by atoms with E-state index >= 15 is 0 Å². The topological polar surface area (TPSA) is 150 Å². The fraction of sp³-hybridized carbons (Fsp3) is 0.657. The van der Waals surface area contributed by atoms with Crippen LogP contribution in [0.15, 0.2) is 17.3 Å². The molecule has 0 aliphatic carbocycles. The monoisotopic (exact) mass is 691 g/mol. The fourth-order valence-corrected chi connectivity index (χ4v) is 6.35. The van der Waals surface area contributed by atoms with Gasteiger partial charge >= 0.3 is 6.09 Å². The van der Waals surface area contributed by atoms with Gasteiger partial charge in [-0.25, -0.2) is 4.79 Å². The highest BCUT2D eigenvalue weighted by Crippen LogP contribution is 2.43. The van der Waals surface area contributed by atoms with Crippen LogP contribution in [0.5, 0.6) is 11.5 Å². The molecule has 13 heteroatoms. The number of ketones is 3. The minimum absolute atomic E-state index is 0.0235. The van der Waals surface area contributed by atoms with Crippen molar-refractivity contribution in [3.8, 4) is 11.5 Å². The number of hydrogen-bond acceptors (Lipinski definition) is 10.